The summed E-state index contributed by atoms with van der Waals surface area (Å²) in [5.41, 5.74) is 2.04. The molecule has 0 saturated heterocycles. The first-order chi connectivity index (χ1) is 9.02. The predicted molar refractivity (Wildman–Crippen MR) is 74.2 cm³/mol. The van der Waals surface area contributed by atoms with E-state index in [-0.39, 0.29) is 5.78 Å². The third-order valence-electron chi connectivity index (χ3n) is 2.87. The van der Waals surface area contributed by atoms with Gasteiger partial charge in [0.2, 0.25) is 0 Å². The summed E-state index contributed by atoms with van der Waals surface area (Å²) < 4.78 is 3.36. The molecule has 0 atom stereocenters. The summed E-state index contributed by atoms with van der Waals surface area (Å²) in [4.78, 5) is 12.1. The van der Waals surface area contributed by atoms with Crippen LogP contribution in [0.25, 0.3) is 6.08 Å². The lowest BCUT2D eigenvalue weighted by Gasteiger charge is -1.95. The number of ketones is 1. The van der Waals surface area contributed by atoms with E-state index in [4.69, 9.17) is 11.6 Å². The quantitative estimate of drug-likeness (QED) is 0.638. The molecule has 0 radical (unpaired) electrons. The van der Waals surface area contributed by atoms with Crippen LogP contribution in [0.15, 0.2) is 18.5 Å². The highest BCUT2D eigenvalue weighted by Crippen LogP contribution is 2.16. The molecular formula is C13H15ClN4O. The van der Waals surface area contributed by atoms with Gasteiger partial charge in [-0.3, -0.25) is 14.2 Å². The number of carbonyl (C=O) groups is 1. The number of rotatable bonds is 4. The fourth-order valence-electron chi connectivity index (χ4n) is 1.77. The molecule has 0 N–H and O–H groups in total. The van der Waals surface area contributed by atoms with Gasteiger partial charge in [-0.1, -0.05) is 11.6 Å². The standard InChI is InChI=1S/C13H15ClN4O/c1-4-18-8-10(9(2)16-18)13(19)6-5-12-11(14)7-15-17(12)3/h5-8H,4H2,1-3H3/b6-5+. The average Bonchev–Trinajstić information content (AvgIpc) is 2.91. The Kier molecular flexibility index (Phi) is 3.85. The lowest BCUT2D eigenvalue weighted by molar-refractivity contribution is 0.104. The van der Waals surface area contributed by atoms with Gasteiger partial charge in [0.05, 0.1) is 28.2 Å². The Hall–Kier alpha value is -1.88. The van der Waals surface area contributed by atoms with E-state index in [0.717, 1.165) is 12.2 Å². The second-order valence-electron chi connectivity index (χ2n) is 4.18. The highest BCUT2D eigenvalue weighted by atomic mass is 35.5. The van der Waals surface area contributed by atoms with E-state index >= 15 is 0 Å². The molecule has 100 valence electrons. The first-order valence-electron chi connectivity index (χ1n) is 5.97. The van der Waals surface area contributed by atoms with Crippen molar-refractivity contribution >= 4 is 23.5 Å². The SMILES string of the molecule is CCn1cc(C(=O)/C=C/c2c(Cl)cnn2C)c(C)n1. The van der Waals surface area contributed by atoms with Gasteiger partial charge in [-0.05, 0) is 26.0 Å². The van der Waals surface area contributed by atoms with E-state index in [1.54, 1.807) is 34.9 Å². The lowest BCUT2D eigenvalue weighted by Crippen LogP contribution is -1.97. The Morgan fingerprint density at radius 1 is 1.53 bits per heavy atom. The van der Waals surface area contributed by atoms with Crippen LogP contribution >= 0.6 is 11.6 Å². The predicted octanol–water partition coefficient (Wildman–Crippen LogP) is 2.49. The number of aromatic nitrogens is 4. The van der Waals surface area contributed by atoms with E-state index in [0.29, 0.717) is 16.3 Å². The summed E-state index contributed by atoms with van der Waals surface area (Å²) in [7, 11) is 1.77. The zero-order chi connectivity index (χ0) is 14.0. The van der Waals surface area contributed by atoms with Crippen LogP contribution in [0.2, 0.25) is 5.02 Å². The molecular weight excluding hydrogens is 264 g/mol. The molecule has 2 rings (SSSR count). The smallest absolute Gasteiger partial charge is 0.189 e. The average molecular weight is 279 g/mol. The number of carbonyl (C=O) groups excluding carboxylic acids is 1. The maximum absolute atomic E-state index is 12.1. The lowest BCUT2D eigenvalue weighted by atomic mass is 10.1. The summed E-state index contributed by atoms with van der Waals surface area (Å²) in [6.45, 7) is 4.54. The van der Waals surface area contributed by atoms with Crippen molar-refractivity contribution < 1.29 is 4.79 Å². The summed E-state index contributed by atoms with van der Waals surface area (Å²) >= 11 is 5.97. The second kappa shape index (κ2) is 5.40. The van der Waals surface area contributed by atoms with Crippen molar-refractivity contribution in [1.29, 1.82) is 0 Å². The topological polar surface area (TPSA) is 52.7 Å². The molecule has 0 aromatic carbocycles. The summed E-state index contributed by atoms with van der Waals surface area (Å²) in [5.74, 6) is -0.0885. The minimum absolute atomic E-state index is 0.0885. The summed E-state index contributed by atoms with van der Waals surface area (Å²) in [6.07, 6.45) is 6.46. The fraction of sp³-hybridized carbons (Fsp3) is 0.308. The minimum Gasteiger partial charge on any atom is -0.289 e. The Labute approximate surface area is 116 Å². The van der Waals surface area contributed by atoms with E-state index in [9.17, 15) is 4.79 Å². The Morgan fingerprint density at radius 3 is 2.79 bits per heavy atom. The van der Waals surface area contributed by atoms with Crippen LogP contribution in [0.1, 0.15) is 28.7 Å². The van der Waals surface area contributed by atoms with Crippen molar-refractivity contribution in [3.63, 3.8) is 0 Å². The third kappa shape index (κ3) is 2.76. The molecule has 0 saturated carbocycles. The van der Waals surface area contributed by atoms with Gasteiger partial charge in [0, 0.05) is 19.8 Å². The molecule has 0 aliphatic heterocycles. The highest BCUT2D eigenvalue weighted by Gasteiger charge is 2.11. The molecule has 2 aromatic heterocycles. The number of aryl methyl sites for hydroxylation is 3. The van der Waals surface area contributed by atoms with Gasteiger partial charge < -0.3 is 0 Å². The molecule has 0 aliphatic rings. The fourth-order valence-corrected chi connectivity index (χ4v) is 2.00. The number of allylic oxidation sites excluding steroid dienone is 1. The van der Waals surface area contributed by atoms with Crippen LogP contribution in [-0.2, 0) is 13.6 Å². The van der Waals surface area contributed by atoms with E-state index in [1.165, 1.54) is 6.08 Å². The van der Waals surface area contributed by atoms with E-state index in [2.05, 4.69) is 10.2 Å². The summed E-state index contributed by atoms with van der Waals surface area (Å²) in [6, 6.07) is 0. The Morgan fingerprint density at radius 2 is 2.26 bits per heavy atom. The molecule has 0 fully saturated rings. The van der Waals surface area contributed by atoms with Crippen molar-refractivity contribution in [3.8, 4) is 0 Å². The molecule has 0 aliphatic carbocycles. The van der Waals surface area contributed by atoms with Gasteiger partial charge >= 0.3 is 0 Å². The first kappa shape index (κ1) is 13.5. The van der Waals surface area contributed by atoms with Crippen molar-refractivity contribution in [2.24, 2.45) is 7.05 Å². The van der Waals surface area contributed by atoms with Crippen LogP contribution < -0.4 is 0 Å². The van der Waals surface area contributed by atoms with Crippen LogP contribution in [0.4, 0.5) is 0 Å². The molecule has 5 nitrogen and oxygen atoms in total. The number of hydrogen-bond donors (Lipinski definition) is 0. The molecule has 0 spiro atoms. The van der Waals surface area contributed by atoms with Crippen LogP contribution in [0.5, 0.6) is 0 Å². The normalized spacial score (nSPS) is 11.4. The molecule has 0 amide bonds. The molecule has 0 unspecified atom stereocenters. The maximum atomic E-state index is 12.1. The zero-order valence-corrected chi connectivity index (χ0v) is 11.8. The van der Waals surface area contributed by atoms with E-state index in [1.807, 2.05) is 13.8 Å². The van der Waals surface area contributed by atoms with E-state index < -0.39 is 0 Å². The Balaban J connectivity index is 2.23. The van der Waals surface area contributed by atoms with Gasteiger partial charge in [-0.25, -0.2) is 0 Å². The second-order valence-corrected chi connectivity index (χ2v) is 4.59. The van der Waals surface area contributed by atoms with Crippen molar-refractivity contribution in [2.45, 2.75) is 20.4 Å². The van der Waals surface area contributed by atoms with Gasteiger partial charge in [0.25, 0.3) is 0 Å². The third-order valence-corrected chi connectivity index (χ3v) is 3.16. The van der Waals surface area contributed by atoms with Crippen LogP contribution in [0, 0.1) is 6.92 Å². The van der Waals surface area contributed by atoms with Crippen LogP contribution in [-0.4, -0.2) is 25.3 Å². The molecule has 6 heteroatoms. The molecule has 19 heavy (non-hydrogen) atoms. The van der Waals surface area contributed by atoms with Crippen molar-refractivity contribution in [1.82, 2.24) is 19.6 Å². The minimum atomic E-state index is -0.0885. The van der Waals surface area contributed by atoms with Gasteiger partial charge in [-0.2, -0.15) is 10.2 Å². The monoisotopic (exact) mass is 278 g/mol. The van der Waals surface area contributed by atoms with Gasteiger partial charge in [0.1, 0.15) is 0 Å². The van der Waals surface area contributed by atoms with Crippen LogP contribution in [0.3, 0.4) is 0 Å². The highest BCUT2D eigenvalue weighted by molar-refractivity contribution is 6.31. The Bertz CT molecular complexity index is 620. The van der Waals surface area contributed by atoms with Crippen molar-refractivity contribution in [2.75, 3.05) is 0 Å². The number of nitrogens with zero attached hydrogens (tertiary/aromatic N) is 4. The first-order valence-corrected chi connectivity index (χ1v) is 6.34. The largest absolute Gasteiger partial charge is 0.289 e. The molecule has 2 aromatic rings. The van der Waals surface area contributed by atoms with Gasteiger partial charge in [-0.15, -0.1) is 0 Å². The number of hydrogen-bond acceptors (Lipinski definition) is 3. The maximum Gasteiger partial charge on any atom is 0.189 e. The van der Waals surface area contributed by atoms with Crippen molar-refractivity contribution in [3.05, 3.63) is 40.4 Å². The molecule has 0 bridgehead atoms. The number of halogens is 1. The molecule has 2 heterocycles. The van der Waals surface area contributed by atoms with Gasteiger partial charge in [0.15, 0.2) is 5.78 Å². The zero-order valence-electron chi connectivity index (χ0n) is 11.1. The summed E-state index contributed by atoms with van der Waals surface area (Å²) in [5, 5.41) is 8.78.